The minimum absolute atomic E-state index is 0.179. The van der Waals surface area contributed by atoms with Crippen LogP contribution in [0.25, 0.3) is 0 Å². The molecule has 5 nitrogen and oxygen atoms in total. The second-order valence-electron chi connectivity index (χ2n) is 4.99. The largest absolute Gasteiger partial charge is 0.353 e. The number of nitrogens with zero attached hydrogens (tertiary/aromatic N) is 2. The van der Waals surface area contributed by atoms with Crippen LogP contribution >= 0.6 is 11.6 Å². The zero-order chi connectivity index (χ0) is 14.8. The predicted molar refractivity (Wildman–Crippen MR) is 84.3 cm³/mol. The van der Waals surface area contributed by atoms with E-state index in [-0.39, 0.29) is 10.6 Å². The van der Waals surface area contributed by atoms with Gasteiger partial charge in [0.25, 0.3) is 5.56 Å². The van der Waals surface area contributed by atoms with E-state index in [0.29, 0.717) is 12.2 Å². The van der Waals surface area contributed by atoms with E-state index in [0.717, 1.165) is 25.2 Å². The number of hydrogen-bond donors (Lipinski definition) is 2. The summed E-state index contributed by atoms with van der Waals surface area (Å²) in [7, 11) is 0. The molecule has 0 radical (unpaired) electrons. The Morgan fingerprint density at radius 3 is 3.10 bits per heavy atom. The van der Waals surface area contributed by atoms with Gasteiger partial charge in [0.15, 0.2) is 0 Å². The van der Waals surface area contributed by atoms with E-state index in [1.807, 2.05) is 19.1 Å². The summed E-state index contributed by atoms with van der Waals surface area (Å²) < 4.78 is 1.35. The van der Waals surface area contributed by atoms with Crippen LogP contribution in [0.2, 0.25) is 5.02 Å². The van der Waals surface area contributed by atoms with Crippen molar-refractivity contribution in [3.05, 3.63) is 50.9 Å². The fourth-order valence-corrected chi connectivity index (χ4v) is 2.77. The van der Waals surface area contributed by atoms with Gasteiger partial charge in [-0.1, -0.05) is 23.7 Å². The number of benzene rings is 1. The minimum Gasteiger partial charge on any atom is -0.353 e. The average Bonchev–Trinajstić information content (AvgIpc) is 2.52. The topological polar surface area (TPSA) is 59.0 Å². The maximum absolute atomic E-state index is 12.0. The van der Waals surface area contributed by atoms with Crippen LogP contribution in [0.4, 0.5) is 11.4 Å². The maximum atomic E-state index is 12.0. The van der Waals surface area contributed by atoms with Crippen molar-refractivity contribution >= 4 is 23.0 Å². The summed E-state index contributed by atoms with van der Waals surface area (Å²) in [4.78, 5) is 12.0. The van der Waals surface area contributed by atoms with Crippen molar-refractivity contribution in [2.24, 2.45) is 0 Å². The Bertz CT molecular complexity index is 726. The SMILES string of the molecule is CCn1ncc(Nc2cccc3c2CCNC3)c(Cl)c1=O. The van der Waals surface area contributed by atoms with Crippen molar-refractivity contribution in [2.45, 2.75) is 26.4 Å². The second kappa shape index (κ2) is 5.87. The van der Waals surface area contributed by atoms with Gasteiger partial charge in [-0.3, -0.25) is 4.79 Å². The standard InChI is InChI=1S/C15H17ClN4O/c1-2-20-15(21)14(16)13(9-18-20)19-12-5-3-4-10-8-17-7-6-11(10)12/h3-5,9,17,19H,2,6-8H2,1H3. The number of aryl methyl sites for hydroxylation is 1. The molecule has 1 aliphatic heterocycles. The summed E-state index contributed by atoms with van der Waals surface area (Å²) >= 11 is 6.16. The van der Waals surface area contributed by atoms with Crippen molar-refractivity contribution in [1.29, 1.82) is 0 Å². The summed E-state index contributed by atoms with van der Waals surface area (Å²) in [6, 6.07) is 6.12. The molecule has 0 saturated carbocycles. The van der Waals surface area contributed by atoms with Crippen LogP contribution in [-0.4, -0.2) is 16.3 Å². The smallest absolute Gasteiger partial charge is 0.287 e. The lowest BCUT2D eigenvalue weighted by Crippen LogP contribution is -2.25. The van der Waals surface area contributed by atoms with E-state index < -0.39 is 0 Å². The molecule has 2 N–H and O–H groups in total. The third-order valence-corrected chi connectivity index (χ3v) is 4.06. The van der Waals surface area contributed by atoms with Crippen LogP contribution in [0.5, 0.6) is 0 Å². The molecule has 0 unspecified atom stereocenters. The van der Waals surface area contributed by atoms with Crippen molar-refractivity contribution in [3.8, 4) is 0 Å². The van der Waals surface area contributed by atoms with Crippen LogP contribution in [-0.2, 0) is 19.5 Å². The molecule has 0 spiro atoms. The molecule has 0 saturated heterocycles. The summed E-state index contributed by atoms with van der Waals surface area (Å²) in [6.45, 7) is 4.19. The van der Waals surface area contributed by atoms with Crippen molar-refractivity contribution in [2.75, 3.05) is 11.9 Å². The highest BCUT2D eigenvalue weighted by Gasteiger charge is 2.14. The van der Waals surface area contributed by atoms with Gasteiger partial charge in [-0.15, -0.1) is 0 Å². The molecule has 1 aliphatic rings. The summed E-state index contributed by atoms with van der Waals surface area (Å²) in [5, 5.41) is 10.9. The number of rotatable bonds is 3. The molecule has 0 bridgehead atoms. The van der Waals surface area contributed by atoms with Crippen LogP contribution < -0.4 is 16.2 Å². The van der Waals surface area contributed by atoms with Crippen LogP contribution in [0.3, 0.4) is 0 Å². The molecule has 3 rings (SSSR count). The molecule has 2 aromatic rings. The summed E-state index contributed by atoms with van der Waals surface area (Å²) in [5.41, 5.74) is 3.82. The van der Waals surface area contributed by atoms with Gasteiger partial charge in [-0.2, -0.15) is 5.10 Å². The Labute approximate surface area is 127 Å². The predicted octanol–water partition coefficient (Wildman–Crippen LogP) is 2.31. The molecule has 1 aromatic heterocycles. The van der Waals surface area contributed by atoms with E-state index >= 15 is 0 Å². The minimum atomic E-state index is -0.268. The fraction of sp³-hybridized carbons (Fsp3) is 0.333. The van der Waals surface area contributed by atoms with Gasteiger partial charge in [0.1, 0.15) is 5.02 Å². The third-order valence-electron chi connectivity index (χ3n) is 3.69. The Balaban J connectivity index is 1.98. The summed E-state index contributed by atoms with van der Waals surface area (Å²) in [5.74, 6) is 0. The zero-order valence-corrected chi connectivity index (χ0v) is 12.6. The lowest BCUT2D eigenvalue weighted by Gasteiger charge is -2.21. The number of fused-ring (bicyclic) bond motifs is 1. The molecule has 0 fully saturated rings. The first-order valence-electron chi connectivity index (χ1n) is 7.05. The molecule has 0 aliphatic carbocycles. The quantitative estimate of drug-likeness (QED) is 0.913. The van der Waals surface area contributed by atoms with E-state index in [4.69, 9.17) is 11.6 Å². The zero-order valence-electron chi connectivity index (χ0n) is 11.8. The Morgan fingerprint density at radius 2 is 2.29 bits per heavy atom. The van der Waals surface area contributed by atoms with Crippen LogP contribution in [0.1, 0.15) is 18.1 Å². The van der Waals surface area contributed by atoms with Gasteiger partial charge >= 0.3 is 0 Å². The molecule has 0 amide bonds. The fourth-order valence-electron chi connectivity index (χ4n) is 2.57. The highest BCUT2D eigenvalue weighted by molar-refractivity contribution is 6.33. The second-order valence-corrected chi connectivity index (χ2v) is 5.37. The lowest BCUT2D eigenvalue weighted by molar-refractivity contribution is 0.616. The number of halogens is 1. The summed E-state index contributed by atoms with van der Waals surface area (Å²) in [6.07, 6.45) is 2.56. The van der Waals surface area contributed by atoms with Gasteiger partial charge in [-0.05, 0) is 37.1 Å². The van der Waals surface area contributed by atoms with Gasteiger partial charge in [0.05, 0.1) is 11.9 Å². The van der Waals surface area contributed by atoms with Crippen LogP contribution in [0, 0.1) is 0 Å². The highest BCUT2D eigenvalue weighted by atomic mass is 35.5. The first-order valence-corrected chi connectivity index (χ1v) is 7.42. The lowest BCUT2D eigenvalue weighted by atomic mass is 9.99. The number of nitrogens with one attached hydrogen (secondary N) is 2. The molecule has 1 aromatic carbocycles. The van der Waals surface area contributed by atoms with E-state index in [2.05, 4.69) is 21.8 Å². The van der Waals surface area contributed by atoms with Crippen molar-refractivity contribution in [1.82, 2.24) is 15.1 Å². The molecular formula is C15H17ClN4O. The molecular weight excluding hydrogens is 288 g/mol. The third kappa shape index (κ3) is 2.66. The van der Waals surface area contributed by atoms with Crippen molar-refractivity contribution < 1.29 is 0 Å². The number of hydrogen-bond acceptors (Lipinski definition) is 4. The number of aromatic nitrogens is 2. The van der Waals surface area contributed by atoms with Gasteiger partial charge < -0.3 is 10.6 Å². The highest BCUT2D eigenvalue weighted by Crippen LogP contribution is 2.28. The maximum Gasteiger partial charge on any atom is 0.287 e. The number of anilines is 2. The van der Waals surface area contributed by atoms with Crippen LogP contribution in [0.15, 0.2) is 29.2 Å². The van der Waals surface area contributed by atoms with E-state index in [1.54, 1.807) is 6.20 Å². The molecule has 2 heterocycles. The van der Waals surface area contributed by atoms with Gasteiger partial charge in [0.2, 0.25) is 0 Å². The Hall–Kier alpha value is -1.85. The molecule has 0 atom stereocenters. The normalized spacial score (nSPS) is 13.8. The van der Waals surface area contributed by atoms with Gasteiger partial charge in [-0.25, -0.2) is 4.68 Å². The Kier molecular flexibility index (Phi) is 3.94. The average molecular weight is 305 g/mol. The van der Waals surface area contributed by atoms with E-state index in [9.17, 15) is 4.79 Å². The monoisotopic (exact) mass is 304 g/mol. The Morgan fingerprint density at radius 1 is 1.43 bits per heavy atom. The first kappa shape index (κ1) is 14.1. The molecule has 110 valence electrons. The molecule has 21 heavy (non-hydrogen) atoms. The molecule has 6 heteroatoms. The van der Waals surface area contributed by atoms with Crippen molar-refractivity contribution in [3.63, 3.8) is 0 Å². The van der Waals surface area contributed by atoms with Gasteiger partial charge in [0, 0.05) is 18.8 Å². The first-order chi connectivity index (χ1) is 10.2. The van der Waals surface area contributed by atoms with E-state index in [1.165, 1.54) is 15.8 Å².